The SMILES string of the molecule is COc1cc2cc(c1)C(=O)NCCCC(=O)N[C@H]1CN(C(=O)CCc3ccccc3OC)CC[C@@H]1OCc1cccc(c1)O2. The number of benzene rings is 3. The van der Waals surface area contributed by atoms with E-state index in [0.29, 0.717) is 74.7 Å². The van der Waals surface area contributed by atoms with Gasteiger partial charge < -0.3 is 34.5 Å². The Hall–Kier alpha value is -4.57. The van der Waals surface area contributed by atoms with Crippen LogP contribution < -0.4 is 24.8 Å². The van der Waals surface area contributed by atoms with Crippen molar-refractivity contribution in [2.45, 2.75) is 50.9 Å². The van der Waals surface area contributed by atoms with Crippen LogP contribution in [-0.2, 0) is 27.4 Å². The van der Waals surface area contributed by atoms with Crippen molar-refractivity contribution >= 4 is 17.7 Å². The predicted octanol–water partition coefficient (Wildman–Crippen LogP) is 4.25. The number of hydrogen-bond acceptors (Lipinski definition) is 7. The summed E-state index contributed by atoms with van der Waals surface area (Å²) in [6, 6.07) is 19.9. The molecule has 10 nitrogen and oxygen atoms in total. The standard InChI is InChI=1S/C34H39N3O7/c1-41-27-18-25-19-28(20-27)44-26-9-5-7-23(17-26)22-43-31-14-16-37(21-29(31)36-32(38)11-6-15-35-34(25)40)33(39)13-12-24-8-3-4-10-30(24)42-2/h3-5,7-10,17-20,29,31H,6,11-16,21-22H2,1-2H3,(H,35,40)(H,36,38)/t29-,31-/m0/s1. The van der Waals surface area contributed by atoms with E-state index in [1.165, 1.54) is 7.11 Å². The minimum Gasteiger partial charge on any atom is -0.497 e. The highest BCUT2D eigenvalue weighted by Crippen LogP contribution is 2.29. The second-order valence-corrected chi connectivity index (χ2v) is 11.0. The van der Waals surface area contributed by atoms with Gasteiger partial charge in [-0.15, -0.1) is 0 Å². The van der Waals surface area contributed by atoms with Gasteiger partial charge in [0.1, 0.15) is 23.0 Å². The minimum absolute atomic E-state index is 0.0236. The van der Waals surface area contributed by atoms with E-state index in [9.17, 15) is 14.4 Å². The Kier molecular flexibility index (Phi) is 10.3. The zero-order chi connectivity index (χ0) is 30.9. The molecular formula is C34H39N3O7. The third-order valence-electron chi connectivity index (χ3n) is 7.89. The summed E-state index contributed by atoms with van der Waals surface area (Å²) < 4.78 is 23.3. The van der Waals surface area contributed by atoms with Gasteiger partial charge in [0.2, 0.25) is 11.8 Å². The lowest BCUT2D eigenvalue weighted by Gasteiger charge is -2.39. The minimum atomic E-state index is -0.369. The first-order valence-corrected chi connectivity index (χ1v) is 15.0. The van der Waals surface area contributed by atoms with Crippen LogP contribution in [0.1, 0.15) is 47.2 Å². The molecule has 3 aromatic rings. The summed E-state index contributed by atoms with van der Waals surface area (Å²) >= 11 is 0. The van der Waals surface area contributed by atoms with Gasteiger partial charge in [-0.2, -0.15) is 0 Å². The lowest BCUT2D eigenvalue weighted by atomic mass is 10.00. The van der Waals surface area contributed by atoms with Crippen LogP contribution in [0.25, 0.3) is 0 Å². The molecular weight excluding hydrogens is 562 g/mol. The van der Waals surface area contributed by atoms with Crippen molar-refractivity contribution in [2.24, 2.45) is 0 Å². The number of amides is 3. The van der Waals surface area contributed by atoms with Crippen molar-refractivity contribution in [3.05, 3.63) is 83.4 Å². The predicted molar refractivity (Wildman–Crippen MR) is 164 cm³/mol. The van der Waals surface area contributed by atoms with E-state index in [0.717, 1.165) is 16.9 Å². The maximum absolute atomic E-state index is 13.2. The van der Waals surface area contributed by atoms with E-state index in [-0.39, 0.29) is 36.3 Å². The molecule has 2 atom stereocenters. The fourth-order valence-corrected chi connectivity index (χ4v) is 5.55. The van der Waals surface area contributed by atoms with E-state index < -0.39 is 0 Å². The number of carbonyl (C=O) groups excluding carboxylic acids is 3. The van der Waals surface area contributed by atoms with Crippen molar-refractivity contribution in [1.29, 1.82) is 0 Å². The zero-order valence-corrected chi connectivity index (χ0v) is 25.2. The van der Waals surface area contributed by atoms with Crippen LogP contribution in [0.3, 0.4) is 0 Å². The van der Waals surface area contributed by atoms with Gasteiger partial charge in [-0.1, -0.05) is 30.3 Å². The van der Waals surface area contributed by atoms with Crippen LogP contribution >= 0.6 is 0 Å². The number of aryl methyl sites for hydroxylation is 1. The second kappa shape index (κ2) is 14.7. The van der Waals surface area contributed by atoms with Crippen LogP contribution in [0.4, 0.5) is 0 Å². The van der Waals surface area contributed by atoms with E-state index in [1.807, 2.05) is 53.4 Å². The number of rotatable bonds is 5. The zero-order valence-electron chi connectivity index (χ0n) is 25.2. The molecule has 0 saturated carbocycles. The van der Waals surface area contributed by atoms with Crippen LogP contribution in [0.2, 0.25) is 0 Å². The van der Waals surface area contributed by atoms with Crippen molar-refractivity contribution in [1.82, 2.24) is 15.5 Å². The smallest absolute Gasteiger partial charge is 0.251 e. The Morgan fingerprint density at radius 2 is 1.86 bits per heavy atom. The summed E-state index contributed by atoms with van der Waals surface area (Å²) in [5.41, 5.74) is 2.27. The lowest BCUT2D eigenvalue weighted by molar-refractivity contribution is -0.137. The molecule has 2 N–H and O–H groups in total. The van der Waals surface area contributed by atoms with E-state index in [4.69, 9.17) is 18.9 Å². The highest BCUT2D eigenvalue weighted by Gasteiger charge is 2.33. The quantitative estimate of drug-likeness (QED) is 0.449. The molecule has 3 aromatic carbocycles. The summed E-state index contributed by atoms with van der Waals surface area (Å²) in [5.74, 6) is 1.91. The Morgan fingerprint density at radius 3 is 2.70 bits per heavy atom. The molecule has 1 saturated heterocycles. The van der Waals surface area contributed by atoms with Gasteiger partial charge in [0.25, 0.3) is 5.91 Å². The maximum Gasteiger partial charge on any atom is 0.251 e. The Bertz CT molecular complexity index is 1480. The first kappa shape index (κ1) is 30.9. The van der Waals surface area contributed by atoms with Gasteiger partial charge in [-0.3, -0.25) is 14.4 Å². The van der Waals surface area contributed by atoms with Gasteiger partial charge in [-0.25, -0.2) is 0 Å². The van der Waals surface area contributed by atoms with E-state index in [1.54, 1.807) is 25.3 Å². The number of piperidine rings is 1. The average Bonchev–Trinajstić information content (AvgIpc) is 3.04. The molecule has 1 fully saturated rings. The lowest BCUT2D eigenvalue weighted by Crippen LogP contribution is -2.57. The maximum atomic E-state index is 13.2. The summed E-state index contributed by atoms with van der Waals surface area (Å²) in [6.07, 6.45) is 1.89. The largest absolute Gasteiger partial charge is 0.497 e. The number of carbonyl (C=O) groups is 3. The van der Waals surface area contributed by atoms with Gasteiger partial charge >= 0.3 is 0 Å². The Morgan fingerprint density at radius 1 is 1.00 bits per heavy atom. The number of fused-ring (bicyclic) bond motifs is 5. The van der Waals surface area contributed by atoms with Crippen LogP contribution in [0.15, 0.2) is 66.7 Å². The molecule has 2 aliphatic rings. The first-order chi connectivity index (χ1) is 21.4. The molecule has 10 heteroatoms. The van der Waals surface area contributed by atoms with E-state index in [2.05, 4.69) is 10.6 Å². The fraction of sp³-hybridized carbons (Fsp3) is 0.382. The van der Waals surface area contributed by atoms with Gasteiger partial charge in [0.05, 0.1) is 33.0 Å². The highest BCUT2D eigenvalue weighted by molar-refractivity contribution is 5.95. The van der Waals surface area contributed by atoms with Crippen molar-refractivity contribution in [3.8, 4) is 23.0 Å². The molecule has 0 spiro atoms. The molecule has 5 rings (SSSR count). The number of likely N-dealkylation sites (tertiary alicyclic amines) is 1. The summed E-state index contributed by atoms with van der Waals surface area (Å²) in [6.45, 7) is 1.52. The summed E-state index contributed by atoms with van der Waals surface area (Å²) in [5, 5.41) is 5.98. The molecule has 3 amide bonds. The number of para-hydroxylation sites is 1. The molecule has 0 aliphatic carbocycles. The molecule has 2 heterocycles. The highest BCUT2D eigenvalue weighted by atomic mass is 16.5. The third-order valence-corrected chi connectivity index (χ3v) is 7.89. The number of methoxy groups -OCH3 is 2. The number of ether oxygens (including phenoxy) is 4. The topological polar surface area (TPSA) is 115 Å². The average molecular weight is 602 g/mol. The van der Waals surface area contributed by atoms with Crippen molar-refractivity contribution < 1.29 is 33.3 Å². The summed E-state index contributed by atoms with van der Waals surface area (Å²) in [4.78, 5) is 40.9. The Balaban J connectivity index is 1.30. The van der Waals surface area contributed by atoms with Gasteiger partial charge in [0.15, 0.2) is 0 Å². The summed E-state index contributed by atoms with van der Waals surface area (Å²) in [7, 11) is 3.16. The normalized spacial score (nSPS) is 19.3. The molecule has 0 unspecified atom stereocenters. The molecule has 2 aliphatic heterocycles. The molecule has 44 heavy (non-hydrogen) atoms. The molecule has 0 radical (unpaired) electrons. The first-order valence-electron chi connectivity index (χ1n) is 15.0. The molecule has 232 valence electrons. The molecule has 0 aromatic heterocycles. The molecule has 4 bridgehead atoms. The third kappa shape index (κ3) is 8.08. The number of nitrogens with one attached hydrogen (secondary N) is 2. The Labute approximate surface area is 257 Å². The monoisotopic (exact) mass is 601 g/mol. The number of nitrogens with zero attached hydrogens (tertiary/aromatic N) is 1. The fourth-order valence-electron chi connectivity index (χ4n) is 5.55. The van der Waals surface area contributed by atoms with Gasteiger partial charge in [-0.05, 0) is 60.7 Å². The van der Waals surface area contributed by atoms with Crippen molar-refractivity contribution in [3.63, 3.8) is 0 Å². The van der Waals surface area contributed by atoms with Crippen molar-refractivity contribution in [2.75, 3.05) is 33.9 Å². The van der Waals surface area contributed by atoms with E-state index >= 15 is 0 Å². The van der Waals surface area contributed by atoms with Crippen LogP contribution in [0, 0.1) is 0 Å². The van der Waals surface area contributed by atoms with Crippen LogP contribution in [0.5, 0.6) is 23.0 Å². The second-order valence-electron chi connectivity index (χ2n) is 11.0. The number of hydrogen-bond donors (Lipinski definition) is 2. The van der Waals surface area contributed by atoms with Crippen LogP contribution in [-0.4, -0.2) is 68.6 Å². The van der Waals surface area contributed by atoms with Gasteiger partial charge in [0, 0.05) is 44.1 Å².